The van der Waals surface area contributed by atoms with Crippen LogP contribution >= 0.6 is 0 Å². The van der Waals surface area contributed by atoms with Gasteiger partial charge in [-0.2, -0.15) is 0 Å². The summed E-state index contributed by atoms with van der Waals surface area (Å²) >= 11 is 0. The molecule has 0 bridgehead atoms. The van der Waals surface area contributed by atoms with Crippen LogP contribution < -0.4 is 0 Å². The van der Waals surface area contributed by atoms with Gasteiger partial charge in [-0.1, -0.05) is 13.8 Å². The van der Waals surface area contributed by atoms with Crippen LogP contribution in [0.15, 0.2) is 0 Å². The molecule has 0 saturated carbocycles. The van der Waals surface area contributed by atoms with Gasteiger partial charge in [-0.25, -0.2) is 0 Å². The van der Waals surface area contributed by atoms with Gasteiger partial charge in [0.25, 0.3) is 0 Å². The second-order valence-electron chi connectivity index (χ2n) is 8.29. The molecule has 0 amide bonds. The van der Waals surface area contributed by atoms with Gasteiger partial charge in [0, 0.05) is 38.1 Å². The van der Waals surface area contributed by atoms with E-state index >= 15 is 0 Å². The van der Waals surface area contributed by atoms with Gasteiger partial charge in [0.15, 0.2) is 0 Å². The summed E-state index contributed by atoms with van der Waals surface area (Å²) in [6.45, 7) is 15.7. The molecule has 23 heavy (non-hydrogen) atoms. The van der Waals surface area contributed by atoms with E-state index in [0.717, 1.165) is 51.9 Å². The summed E-state index contributed by atoms with van der Waals surface area (Å²) in [5.41, 5.74) is 0.0476. The SMILES string of the molecule is CC(C)C(=O)CN1CCC(OC2(C)CCN(C(C)C)CC2)CC1. The molecule has 0 aromatic heterocycles. The summed E-state index contributed by atoms with van der Waals surface area (Å²) in [6.07, 6.45) is 4.77. The van der Waals surface area contributed by atoms with E-state index in [0.29, 0.717) is 24.5 Å². The molecule has 0 spiro atoms. The summed E-state index contributed by atoms with van der Waals surface area (Å²) in [6, 6.07) is 0.640. The predicted octanol–water partition coefficient (Wildman–Crippen LogP) is 2.96. The van der Waals surface area contributed by atoms with Crippen LogP contribution in [0.25, 0.3) is 0 Å². The molecule has 2 fully saturated rings. The molecule has 0 radical (unpaired) electrons. The van der Waals surface area contributed by atoms with Gasteiger partial charge in [0.2, 0.25) is 0 Å². The quantitative estimate of drug-likeness (QED) is 0.752. The fourth-order valence-electron chi connectivity index (χ4n) is 3.62. The zero-order valence-corrected chi connectivity index (χ0v) is 15.8. The zero-order chi connectivity index (χ0) is 17.0. The lowest BCUT2D eigenvalue weighted by Crippen LogP contribution is -2.49. The van der Waals surface area contributed by atoms with Crippen molar-refractivity contribution in [3.8, 4) is 0 Å². The number of nitrogens with zero attached hydrogens (tertiary/aromatic N) is 2. The number of ether oxygens (including phenoxy) is 1. The van der Waals surface area contributed by atoms with Gasteiger partial charge < -0.3 is 9.64 Å². The van der Waals surface area contributed by atoms with Crippen molar-refractivity contribution >= 4 is 5.78 Å². The third-order valence-electron chi connectivity index (χ3n) is 5.60. The molecule has 0 unspecified atom stereocenters. The number of piperidine rings is 2. The van der Waals surface area contributed by atoms with Crippen molar-refractivity contribution in [2.24, 2.45) is 5.92 Å². The lowest BCUT2D eigenvalue weighted by molar-refractivity contribution is -0.133. The third kappa shape index (κ3) is 5.54. The molecule has 2 aliphatic rings. The Labute approximate surface area is 142 Å². The maximum absolute atomic E-state index is 11.9. The lowest BCUT2D eigenvalue weighted by Gasteiger charge is -2.44. The first-order chi connectivity index (χ1) is 10.8. The van der Waals surface area contributed by atoms with Gasteiger partial charge >= 0.3 is 0 Å². The second-order valence-corrected chi connectivity index (χ2v) is 8.29. The molecule has 0 aliphatic carbocycles. The first-order valence-electron chi connectivity index (χ1n) is 9.46. The monoisotopic (exact) mass is 324 g/mol. The number of rotatable bonds is 6. The van der Waals surface area contributed by atoms with Crippen LogP contribution in [0.5, 0.6) is 0 Å². The maximum atomic E-state index is 11.9. The van der Waals surface area contributed by atoms with Crippen molar-refractivity contribution in [2.75, 3.05) is 32.7 Å². The molecule has 2 rings (SSSR count). The molecule has 0 aromatic carbocycles. The molecule has 4 nitrogen and oxygen atoms in total. The van der Waals surface area contributed by atoms with Crippen LogP contribution in [0.3, 0.4) is 0 Å². The Morgan fingerprint density at radius 2 is 1.65 bits per heavy atom. The number of hydrogen-bond acceptors (Lipinski definition) is 4. The Hall–Kier alpha value is -0.450. The van der Waals surface area contributed by atoms with Crippen molar-refractivity contribution in [3.05, 3.63) is 0 Å². The van der Waals surface area contributed by atoms with Crippen molar-refractivity contribution in [2.45, 2.75) is 78.0 Å². The lowest BCUT2D eigenvalue weighted by atomic mass is 9.91. The predicted molar refractivity (Wildman–Crippen MR) is 94.7 cm³/mol. The van der Waals surface area contributed by atoms with Crippen LogP contribution in [-0.4, -0.2) is 66.1 Å². The van der Waals surface area contributed by atoms with E-state index in [1.54, 1.807) is 0 Å². The maximum Gasteiger partial charge on any atom is 0.149 e. The standard InChI is InChI=1S/C19H36N2O2/c1-15(2)18(22)14-20-10-6-17(7-11-20)23-19(5)8-12-21(13-9-19)16(3)4/h15-17H,6-14H2,1-5H3. The molecule has 4 heteroatoms. The van der Waals surface area contributed by atoms with Gasteiger partial charge in [-0.15, -0.1) is 0 Å². The smallest absolute Gasteiger partial charge is 0.149 e. The molecule has 2 heterocycles. The van der Waals surface area contributed by atoms with Crippen LogP contribution in [0.4, 0.5) is 0 Å². The van der Waals surface area contributed by atoms with E-state index in [1.807, 2.05) is 13.8 Å². The van der Waals surface area contributed by atoms with E-state index in [2.05, 4.69) is 30.6 Å². The van der Waals surface area contributed by atoms with Crippen LogP contribution in [0.1, 0.15) is 60.3 Å². The van der Waals surface area contributed by atoms with E-state index in [-0.39, 0.29) is 11.5 Å². The Bertz CT molecular complexity index is 379. The minimum atomic E-state index is 0.0476. The Morgan fingerprint density at radius 1 is 1.09 bits per heavy atom. The molecule has 0 N–H and O–H groups in total. The molecular weight excluding hydrogens is 288 g/mol. The van der Waals surface area contributed by atoms with Crippen molar-refractivity contribution in [1.29, 1.82) is 0 Å². The highest BCUT2D eigenvalue weighted by Gasteiger charge is 2.35. The van der Waals surface area contributed by atoms with E-state index in [1.165, 1.54) is 0 Å². The summed E-state index contributed by atoms with van der Waals surface area (Å²) < 4.78 is 6.51. The summed E-state index contributed by atoms with van der Waals surface area (Å²) in [5.74, 6) is 0.506. The minimum Gasteiger partial charge on any atom is -0.372 e. The van der Waals surface area contributed by atoms with Crippen molar-refractivity contribution in [1.82, 2.24) is 9.80 Å². The average molecular weight is 325 g/mol. The average Bonchev–Trinajstić information content (AvgIpc) is 2.49. The third-order valence-corrected chi connectivity index (χ3v) is 5.60. The topological polar surface area (TPSA) is 32.8 Å². The van der Waals surface area contributed by atoms with E-state index in [4.69, 9.17) is 4.74 Å². The molecular formula is C19H36N2O2. The fourth-order valence-corrected chi connectivity index (χ4v) is 3.62. The van der Waals surface area contributed by atoms with Crippen LogP contribution in [0.2, 0.25) is 0 Å². The minimum absolute atomic E-state index is 0.0476. The van der Waals surface area contributed by atoms with Crippen LogP contribution in [0, 0.1) is 5.92 Å². The molecule has 0 atom stereocenters. The van der Waals surface area contributed by atoms with Gasteiger partial charge in [-0.3, -0.25) is 9.69 Å². The second kappa shape index (κ2) is 8.09. The first kappa shape index (κ1) is 18.9. The largest absolute Gasteiger partial charge is 0.372 e. The molecule has 134 valence electrons. The summed E-state index contributed by atoms with van der Waals surface area (Å²) in [5, 5.41) is 0. The highest BCUT2D eigenvalue weighted by atomic mass is 16.5. The number of likely N-dealkylation sites (tertiary alicyclic amines) is 2. The van der Waals surface area contributed by atoms with Crippen LogP contribution in [-0.2, 0) is 9.53 Å². The molecule has 2 aliphatic heterocycles. The number of carbonyl (C=O) groups is 1. The Kier molecular flexibility index (Phi) is 6.64. The van der Waals surface area contributed by atoms with Gasteiger partial charge in [-0.05, 0) is 46.5 Å². The summed E-state index contributed by atoms with van der Waals surface area (Å²) in [7, 11) is 0. The summed E-state index contributed by atoms with van der Waals surface area (Å²) in [4.78, 5) is 16.7. The van der Waals surface area contributed by atoms with Gasteiger partial charge in [0.1, 0.15) is 5.78 Å². The normalized spacial score (nSPS) is 24.5. The van der Waals surface area contributed by atoms with Gasteiger partial charge in [0.05, 0.1) is 18.2 Å². The highest BCUT2D eigenvalue weighted by Crippen LogP contribution is 2.30. The Balaban J connectivity index is 1.73. The van der Waals surface area contributed by atoms with Crippen molar-refractivity contribution in [3.63, 3.8) is 0 Å². The zero-order valence-electron chi connectivity index (χ0n) is 15.8. The number of carbonyl (C=O) groups excluding carboxylic acids is 1. The number of hydrogen-bond donors (Lipinski definition) is 0. The molecule has 0 aromatic rings. The number of ketones is 1. The first-order valence-corrected chi connectivity index (χ1v) is 9.46. The van der Waals surface area contributed by atoms with E-state index < -0.39 is 0 Å². The fraction of sp³-hybridized carbons (Fsp3) is 0.947. The molecule has 2 saturated heterocycles. The van der Waals surface area contributed by atoms with Crippen molar-refractivity contribution < 1.29 is 9.53 Å². The Morgan fingerprint density at radius 3 is 2.13 bits per heavy atom. The number of Topliss-reactive ketones (excluding diaryl/α,β-unsaturated/α-hetero) is 1. The highest BCUT2D eigenvalue weighted by molar-refractivity contribution is 5.82. The van der Waals surface area contributed by atoms with E-state index in [9.17, 15) is 4.79 Å².